The Kier molecular flexibility index (Phi) is 7.61. The molecule has 2 amide bonds. The van der Waals surface area contributed by atoms with Gasteiger partial charge in [-0.05, 0) is 19.1 Å². The number of benzene rings is 1. The van der Waals surface area contributed by atoms with E-state index in [2.05, 4.69) is 0 Å². The number of rotatable bonds is 7. The number of halogens is 3. The third-order valence-corrected chi connectivity index (χ3v) is 4.18. The fourth-order valence-corrected chi connectivity index (χ4v) is 2.76. The number of nitrogens with zero attached hydrogens (tertiary/aromatic N) is 2. The van der Waals surface area contributed by atoms with Crippen molar-refractivity contribution in [3.05, 3.63) is 35.4 Å². The average molecular weight is 388 g/mol. The summed E-state index contributed by atoms with van der Waals surface area (Å²) in [6.45, 7) is 3.94. The lowest BCUT2D eigenvalue weighted by Crippen LogP contribution is -2.51. The molecule has 1 aromatic rings. The number of carbonyl (C=O) groups excluding carboxylic acids is 2. The lowest BCUT2D eigenvalue weighted by atomic mass is 10.1. The highest BCUT2D eigenvalue weighted by molar-refractivity contribution is 5.96. The van der Waals surface area contributed by atoms with Gasteiger partial charge in [-0.3, -0.25) is 9.59 Å². The van der Waals surface area contributed by atoms with Crippen LogP contribution in [0.3, 0.4) is 0 Å². The Morgan fingerprint density at radius 3 is 2.22 bits per heavy atom. The smallest absolute Gasteiger partial charge is 0.379 e. The number of ether oxygens (including phenoxy) is 2. The maximum Gasteiger partial charge on any atom is 0.417 e. The van der Waals surface area contributed by atoms with Crippen molar-refractivity contribution >= 4 is 11.8 Å². The monoisotopic (exact) mass is 388 g/mol. The largest absolute Gasteiger partial charge is 0.417 e. The van der Waals surface area contributed by atoms with Crippen LogP contribution < -0.4 is 0 Å². The summed E-state index contributed by atoms with van der Waals surface area (Å²) in [6.07, 6.45) is -4.59. The van der Waals surface area contributed by atoms with Crippen LogP contribution in [0.5, 0.6) is 0 Å². The van der Waals surface area contributed by atoms with E-state index in [9.17, 15) is 22.8 Å². The predicted molar refractivity (Wildman–Crippen MR) is 91.2 cm³/mol. The van der Waals surface area contributed by atoms with Crippen LogP contribution in [-0.4, -0.2) is 74.2 Å². The number of amides is 2. The van der Waals surface area contributed by atoms with Crippen LogP contribution >= 0.6 is 0 Å². The predicted octanol–water partition coefficient (Wildman–Crippen LogP) is 2.04. The normalized spacial score (nSPS) is 15.1. The highest BCUT2D eigenvalue weighted by Gasteiger charge is 2.36. The fourth-order valence-electron chi connectivity index (χ4n) is 2.76. The van der Waals surface area contributed by atoms with E-state index in [4.69, 9.17) is 9.47 Å². The Morgan fingerprint density at radius 2 is 1.59 bits per heavy atom. The second kappa shape index (κ2) is 9.70. The lowest BCUT2D eigenvalue weighted by Gasteiger charge is -2.35. The molecule has 0 aromatic heterocycles. The van der Waals surface area contributed by atoms with Crippen LogP contribution in [0.1, 0.15) is 22.8 Å². The summed E-state index contributed by atoms with van der Waals surface area (Å²) in [4.78, 5) is 27.5. The Labute approximate surface area is 155 Å². The molecule has 9 heteroatoms. The topological polar surface area (TPSA) is 59.1 Å². The van der Waals surface area contributed by atoms with Gasteiger partial charge in [0.1, 0.15) is 6.61 Å². The van der Waals surface area contributed by atoms with Gasteiger partial charge in [0.15, 0.2) is 0 Å². The zero-order valence-electron chi connectivity index (χ0n) is 15.1. The highest BCUT2D eigenvalue weighted by Crippen LogP contribution is 2.32. The van der Waals surface area contributed by atoms with Gasteiger partial charge in [-0.25, -0.2) is 0 Å². The van der Waals surface area contributed by atoms with Gasteiger partial charge in [0.2, 0.25) is 5.91 Å². The molecule has 6 nitrogen and oxygen atoms in total. The first-order valence-electron chi connectivity index (χ1n) is 8.73. The molecule has 0 aliphatic carbocycles. The molecule has 0 N–H and O–H groups in total. The summed E-state index contributed by atoms with van der Waals surface area (Å²) in [7, 11) is 0. The molecule has 0 saturated carbocycles. The summed E-state index contributed by atoms with van der Waals surface area (Å²) in [5.74, 6) is -0.891. The number of hydrogen-bond donors (Lipinski definition) is 0. The molecule has 1 aliphatic rings. The Hall–Kier alpha value is -2.13. The van der Waals surface area contributed by atoms with Crippen molar-refractivity contribution in [3.8, 4) is 0 Å². The van der Waals surface area contributed by atoms with Crippen molar-refractivity contribution in [1.29, 1.82) is 0 Å². The summed E-state index contributed by atoms with van der Waals surface area (Å²) >= 11 is 0. The van der Waals surface area contributed by atoms with E-state index >= 15 is 0 Å². The molecular weight excluding hydrogens is 365 g/mol. The molecule has 0 unspecified atom stereocenters. The zero-order chi connectivity index (χ0) is 19.9. The minimum absolute atomic E-state index is 0.0854. The molecule has 1 aliphatic heterocycles. The van der Waals surface area contributed by atoms with E-state index in [0.717, 1.165) is 6.07 Å². The molecule has 0 atom stereocenters. The molecule has 150 valence electrons. The number of hydrogen-bond acceptors (Lipinski definition) is 4. The summed E-state index contributed by atoms with van der Waals surface area (Å²) in [5.41, 5.74) is -1.32. The number of piperazine rings is 1. The standard InChI is InChI=1S/C18H23F3N2O4/c1-2-26-11-12-27-13-16(24)22-7-9-23(10-8-22)17(25)14-5-3-4-6-15(14)18(19,20)21/h3-6H,2,7-13H2,1H3. The SMILES string of the molecule is CCOCCOCC(=O)N1CCN(C(=O)c2ccccc2C(F)(F)F)CC1. The van der Waals surface area contributed by atoms with Gasteiger partial charge in [0, 0.05) is 32.8 Å². The second-order valence-electron chi connectivity index (χ2n) is 5.97. The van der Waals surface area contributed by atoms with Crippen molar-refractivity contribution in [2.45, 2.75) is 13.1 Å². The minimum Gasteiger partial charge on any atom is -0.379 e. The van der Waals surface area contributed by atoms with Crippen LogP contribution in [0.4, 0.5) is 13.2 Å². The third kappa shape index (κ3) is 5.93. The van der Waals surface area contributed by atoms with Crippen molar-refractivity contribution < 1.29 is 32.2 Å². The molecule has 2 rings (SSSR count). The maximum atomic E-state index is 13.1. The van der Waals surface area contributed by atoms with Crippen LogP contribution in [0.25, 0.3) is 0 Å². The van der Waals surface area contributed by atoms with Gasteiger partial charge < -0.3 is 19.3 Å². The van der Waals surface area contributed by atoms with Crippen LogP contribution in [0.15, 0.2) is 24.3 Å². The van der Waals surface area contributed by atoms with Crippen molar-refractivity contribution in [2.24, 2.45) is 0 Å². The van der Waals surface area contributed by atoms with Gasteiger partial charge in [-0.15, -0.1) is 0 Å². The Bertz CT molecular complexity index is 644. The zero-order valence-corrected chi connectivity index (χ0v) is 15.1. The summed E-state index contributed by atoms with van der Waals surface area (Å²) < 4.78 is 49.6. The minimum atomic E-state index is -4.59. The summed E-state index contributed by atoms with van der Waals surface area (Å²) in [5, 5.41) is 0. The molecule has 0 radical (unpaired) electrons. The van der Waals surface area contributed by atoms with Crippen molar-refractivity contribution in [2.75, 3.05) is 52.6 Å². The van der Waals surface area contributed by atoms with Gasteiger partial charge in [-0.2, -0.15) is 13.2 Å². The van der Waals surface area contributed by atoms with Gasteiger partial charge in [-0.1, -0.05) is 12.1 Å². The second-order valence-corrected chi connectivity index (χ2v) is 5.97. The summed E-state index contributed by atoms with van der Waals surface area (Å²) in [6, 6.07) is 4.73. The number of alkyl halides is 3. The average Bonchev–Trinajstić information content (AvgIpc) is 2.66. The molecule has 1 saturated heterocycles. The van der Waals surface area contributed by atoms with Crippen LogP contribution in [0, 0.1) is 0 Å². The van der Waals surface area contributed by atoms with Crippen LogP contribution in [0.2, 0.25) is 0 Å². The molecular formula is C18H23F3N2O4. The van der Waals surface area contributed by atoms with Gasteiger partial charge in [0.05, 0.1) is 24.3 Å². The number of carbonyl (C=O) groups is 2. The third-order valence-electron chi connectivity index (χ3n) is 4.18. The van der Waals surface area contributed by atoms with E-state index in [-0.39, 0.29) is 44.3 Å². The van der Waals surface area contributed by atoms with E-state index < -0.39 is 17.6 Å². The van der Waals surface area contributed by atoms with E-state index in [1.54, 1.807) is 4.90 Å². The molecule has 27 heavy (non-hydrogen) atoms. The van der Waals surface area contributed by atoms with E-state index in [1.807, 2.05) is 6.92 Å². The highest BCUT2D eigenvalue weighted by atomic mass is 19.4. The Morgan fingerprint density at radius 1 is 1.00 bits per heavy atom. The van der Waals surface area contributed by atoms with Crippen molar-refractivity contribution in [3.63, 3.8) is 0 Å². The molecule has 1 fully saturated rings. The molecule has 1 heterocycles. The first-order chi connectivity index (χ1) is 12.8. The van der Waals surface area contributed by atoms with Crippen molar-refractivity contribution in [1.82, 2.24) is 9.80 Å². The van der Waals surface area contributed by atoms with E-state index in [0.29, 0.717) is 19.8 Å². The molecule has 0 bridgehead atoms. The first kappa shape index (κ1) is 21.2. The van der Waals surface area contributed by atoms with Crippen LogP contribution in [-0.2, 0) is 20.4 Å². The quantitative estimate of drug-likeness (QED) is 0.671. The Balaban J connectivity index is 1.87. The fraction of sp³-hybridized carbons (Fsp3) is 0.556. The van der Waals surface area contributed by atoms with E-state index in [1.165, 1.54) is 23.1 Å². The van der Waals surface area contributed by atoms with Gasteiger partial charge in [0.25, 0.3) is 5.91 Å². The first-order valence-corrected chi connectivity index (χ1v) is 8.73. The van der Waals surface area contributed by atoms with Gasteiger partial charge >= 0.3 is 6.18 Å². The maximum absolute atomic E-state index is 13.1. The lowest BCUT2D eigenvalue weighted by molar-refractivity contribution is -0.138. The molecule has 0 spiro atoms. The molecule has 1 aromatic carbocycles.